The molecule has 0 aromatic carbocycles. The van der Waals surface area contributed by atoms with Gasteiger partial charge in [0.25, 0.3) is 0 Å². The number of nitrogens with two attached hydrogens (primary N) is 1. The van der Waals surface area contributed by atoms with Crippen LogP contribution in [-0.4, -0.2) is 30.0 Å². The lowest BCUT2D eigenvalue weighted by Gasteiger charge is -2.27. The van der Waals surface area contributed by atoms with Gasteiger partial charge in [0.05, 0.1) is 5.92 Å². The summed E-state index contributed by atoms with van der Waals surface area (Å²) in [4.78, 5) is 28.1. The maximum absolute atomic E-state index is 11.8. The van der Waals surface area contributed by atoms with E-state index in [1.54, 1.807) is 6.92 Å². The first-order valence-corrected chi connectivity index (χ1v) is 7.65. The van der Waals surface area contributed by atoms with Gasteiger partial charge in [-0.15, -0.1) is 0 Å². The van der Waals surface area contributed by atoms with Gasteiger partial charge in [0.2, 0.25) is 0 Å². The Kier molecular flexibility index (Phi) is 6.64. The van der Waals surface area contributed by atoms with Crippen molar-refractivity contribution in [2.75, 3.05) is 6.54 Å². The Morgan fingerprint density at radius 2 is 1.82 bits per heavy atom. The highest BCUT2D eigenvalue weighted by Crippen LogP contribution is 2.29. The normalized spacial score (nSPS) is 22.8. The maximum Gasteiger partial charge on any atom is 0.407 e. The molecule has 1 saturated carbocycles. The summed E-state index contributed by atoms with van der Waals surface area (Å²) >= 11 is 0. The molecule has 0 atom stereocenters. The van der Waals surface area contributed by atoms with E-state index in [4.69, 9.17) is 15.3 Å². The number of ether oxygens (including phenoxy) is 1. The van der Waals surface area contributed by atoms with Crippen molar-refractivity contribution in [3.05, 3.63) is 0 Å². The van der Waals surface area contributed by atoms with Gasteiger partial charge in [0.1, 0.15) is 11.4 Å². The predicted molar refractivity (Wildman–Crippen MR) is 83.1 cm³/mol. The molecule has 0 heterocycles. The summed E-state index contributed by atoms with van der Waals surface area (Å²) in [6, 6.07) is 0. The number of amides is 1. The number of alkyl carbamates (subject to hydrolysis) is 1. The zero-order valence-electron chi connectivity index (χ0n) is 13.8. The van der Waals surface area contributed by atoms with Crippen LogP contribution in [0.2, 0.25) is 0 Å². The van der Waals surface area contributed by atoms with E-state index in [0.29, 0.717) is 12.5 Å². The number of carbonyl (C=O) groups excluding carboxylic acids is 2. The molecule has 0 unspecified atom stereocenters. The van der Waals surface area contributed by atoms with Gasteiger partial charge in [-0.05, 0) is 59.3 Å². The molecule has 1 fully saturated rings. The summed E-state index contributed by atoms with van der Waals surface area (Å²) < 4.78 is 5.19. The van der Waals surface area contributed by atoms with Gasteiger partial charge in [0.15, 0.2) is 0 Å². The maximum atomic E-state index is 11.8. The molecular formula is C15H27N3O4. The minimum atomic E-state index is -0.493. The second-order valence-corrected chi connectivity index (χ2v) is 6.74. The molecule has 1 rings (SSSR count). The van der Waals surface area contributed by atoms with Crippen LogP contribution in [0.15, 0.2) is 5.16 Å². The number of rotatable bonds is 4. The van der Waals surface area contributed by atoms with Crippen molar-refractivity contribution in [2.45, 2.75) is 59.0 Å². The summed E-state index contributed by atoms with van der Waals surface area (Å²) in [6.07, 6.45) is 2.79. The Balaban J connectivity index is 2.27. The molecule has 0 aromatic heterocycles. The van der Waals surface area contributed by atoms with Crippen molar-refractivity contribution in [1.82, 2.24) is 5.32 Å². The zero-order valence-corrected chi connectivity index (χ0v) is 13.8. The van der Waals surface area contributed by atoms with E-state index in [0.717, 1.165) is 25.7 Å². The molecule has 1 aliphatic carbocycles. The largest absolute Gasteiger partial charge is 0.444 e. The third kappa shape index (κ3) is 7.28. The van der Waals surface area contributed by atoms with Crippen molar-refractivity contribution >= 4 is 17.9 Å². The monoisotopic (exact) mass is 313 g/mol. The summed E-state index contributed by atoms with van der Waals surface area (Å²) in [5.74, 6) is 0.115. The standard InChI is InChI=1S/C15H27N3O4/c1-10(16)18-22-13(19)12-7-5-11(6-8-12)9-17-14(20)21-15(2,3)4/h11-12H,5-9H2,1-4H3,(H2,16,18)(H,17,20). The molecule has 7 nitrogen and oxygen atoms in total. The summed E-state index contributed by atoms with van der Waals surface area (Å²) in [5.41, 5.74) is 4.83. The van der Waals surface area contributed by atoms with Crippen LogP contribution in [0, 0.1) is 11.8 Å². The quantitative estimate of drug-likeness (QED) is 0.358. The number of nitrogens with zero attached hydrogens (tertiary/aromatic N) is 1. The van der Waals surface area contributed by atoms with Crippen molar-refractivity contribution in [1.29, 1.82) is 0 Å². The molecule has 7 heteroatoms. The molecule has 0 saturated heterocycles. The molecule has 0 radical (unpaired) electrons. The lowest BCUT2D eigenvalue weighted by Crippen LogP contribution is -2.36. The van der Waals surface area contributed by atoms with E-state index in [-0.39, 0.29) is 17.7 Å². The van der Waals surface area contributed by atoms with Crippen molar-refractivity contribution in [3.8, 4) is 0 Å². The van der Waals surface area contributed by atoms with E-state index < -0.39 is 11.7 Å². The molecule has 3 N–H and O–H groups in total. The first kappa shape index (κ1) is 18.3. The number of hydrogen-bond donors (Lipinski definition) is 2. The number of carbonyl (C=O) groups is 2. The van der Waals surface area contributed by atoms with Gasteiger partial charge in [-0.3, -0.25) is 0 Å². The Hall–Kier alpha value is -1.79. The molecule has 1 aliphatic rings. The highest BCUT2D eigenvalue weighted by atomic mass is 16.7. The number of nitrogens with one attached hydrogen (secondary N) is 1. The Labute approximate surface area is 131 Å². The topological polar surface area (TPSA) is 103 Å². The van der Waals surface area contributed by atoms with Crippen LogP contribution >= 0.6 is 0 Å². The van der Waals surface area contributed by atoms with Gasteiger partial charge in [-0.2, -0.15) is 0 Å². The SMILES string of the molecule is C/C(N)=N/OC(=O)C1CCC(CNC(=O)OC(C)(C)C)CC1. The second-order valence-electron chi connectivity index (χ2n) is 6.74. The Bertz CT molecular complexity index is 417. The van der Waals surface area contributed by atoms with Crippen LogP contribution in [0.1, 0.15) is 53.4 Å². The molecule has 1 amide bonds. The summed E-state index contributed by atoms with van der Waals surface area (Å²) in [6.45, 7) is 7.61. The number of hydrogen-bond acceptors (Lipinski definition) is 5. The molecule has 0 spiro atoms. The van der Waals surface area contributed by atoms with E-state index in [1.165, 1.54) is 0 Å². The third-order valence-electron chi connectivity index (χ3n) is 3.39. The van der Waals surface area contributed by atoms with Crippen molar-refractivity contribution in [3.63, 3.8) is 0 Å². The van der Waals surface area contributed by atoms with Gasteiger partial charge in [-0.25, -0.2) is 9.59 Å². The van der Waals surface area contributed by atoms with Crippen molar-refractivity contribution < 1.29 is 19.2 Å². The van der Waals surface area contributed by atoms with Crippen LogP contribution in [0.5, 0.6) is 0 Å². The predicted octanol–water partition coefficient (Wildman–Crippen LogP) is 2.15. The smallest absolute Gasteiger partial charge is 0.407 e. The summed E-state index contributed by atoms with van der Waals surface area (Å²) in [5, 5.41) is 6.26. The van der Waals surface area contributed by atoms with E-state index in [9.17, 15) is 9.59 Å². The average Bonchev–Trinajstić information content (AvgIpc) is 2.41. The highest BCUT2D eigenvalue weighted by molar-refractivity contribution is 5.79. The van der Waals surface area contributed by atoms with Crippen LogP contribution in [-0.2, 0) is 14.4 Å². The Morgan fingerprint density at radius 1 is 1.23 bits per heavy atom. The van der Waals surface area contributed by atoms with Crippen LogP contribution in [0.4, 0.5) is 4.79 Å². The van der Waals surface area contributed by atoms with Gasteiger partial charge in [0, 0.05) is 6.54 Å². The number of oxime groups is 1. The number of amidine groups is 1. The molecule has 0 aliphatic heterocycles. The molecule has 0 bridgehead atoms. The summed E-state index contributed by atoms with van der Waals surface area (Å²) in [7, 11) is 0. The van der Waals surface area contributed by atoms with E-state index >= 15 is 0 Å². The minimum absolute atomic E-state index is 0.138. The highest BCUT2D eigenvalue weighted by Gasteiger charge is 2.28. The molecule has 0 aromatic rings. The average molecular weight is 313 g/mol. The van der Waals surface area contributed by atoms with Gasteiger partial charge in [-0.1, -0.05) is 5.16 Å². The van der Waals surface area contributed by atoms with Crippen LogP contribution in [0.25, 0.3) is 0 Å². The molecule has 126 valence electrons. The van der Waals surface area contributed by atoms with E-state index in [2.05, 4.69) is 10.5 Å². The molecular weight excluding hydrogens is 286 g/mol. The fraction of sp³-hybridized carbons (Fsp3) is 0.800. The molecule has 22 heavy (non-hydrogen) atoms. The van der Waals surface area contributed by atoms with Crippen LogP contribution < -0.4 is 11.1 Å². The Morgan fingerprint density at radius 3 is 2.32 bits per heavy atom. The first-order chi connectivity index (χ1) is 10.2. The van der Waals surface area contributed by atoms with E-state index in [1.807, 2.05) is 20.8 Å². The van der Waals surface area contributed by atoms with Gasteiger partial charge >= 0.3 is 12.1 Å². The van der Waals surface area contributed by atoms with Crippen molar-refractivity contribution in [2.24, 2.45) is 22.7 Å². The fourth-order valence-electron chi connectivity index (χ4n) is 2.34. The fourth-order valence-corrected chi connectivity index (χ4v) is 2.34. The first-order valence-electron chi connectivity index (χ1n) is 7.65. The third-order valence-corrected chi connectivity index (χ3v) is 3.39. The minimum Gasteiger partial charge on any atom is -0.444 e. The van der Waals surface area contributed by atoms with Crippen LogP contribution in [0.3, 0.4) is 0 Å². The lowest BCUT2D eigenvalue weighted by atomic mass is 9.82. The lowest BCUT2D eigenvalue weighted by molar-refractivity contribution is -0.150. The second kappa shape index (κ2) is 8.00. The van der Waals surface area contributed by atoms with Gasteiger partial charge < -0.3 is 20.6 Å². The zero-order chi connectivity index (χ0) is 16.8.